The molecule has 0 bridgehead atoms. The number of aliphatic carboxylic acids is 1. The summed E-state index contributed by atoms with van der Waals surface area (Å²) >= 11 is 0. The fourth-order valence-electron chi connectivity index (χ4n) is 6.94. The second kappa shape index (κ2) is 20.9. The molecule has 16 heteroatoms. The zero-order valence-electron chi connectivity index (χ0n) is 30.9. The van der Waals surface area contributed by atoms with Gasteiger partial charge in [0.15, 0.2) is 12.4 Å². The van der Waals surface area contributed by atoms with Crippen LogP contribution in [0.4, 0.5) is 4.79 Å². The maximum Gasteiger partial charge on any atom is 0.332 e. The number of carbonyl (C=O) groups excluding carboxylic acids is 6. The summed E-state index contributed by atoms with van der Waals surface area (Å²) in [4.78, 5) is 87.9. The second-order valence-electron chi connectivity index (χ2n) is 14.6. The summed E-state index contributed by atoms with van der Waals surface area (Å²) in [6, 6.07) is -3.06. The first-order valence-electron chi connectivity index (χ1n) is 18.7. The summed E-state index contributed by atoms with van der Waals surface area (Å²) in [5.41, 5.74) is 5.21. The molecular formula is C36H58N6O10. The van der Waals surface area contributed by atoms with Crippen LogP contribution >= 0.6 is 0 Å². The minimum absolute atomic E-state index is 0.0827. The summed E-state index contributed by atoms with van der Waals surface area (Å²) in [6.07, 6.45) is 6.60. The highest BCUT2D eigenvalue weighted by molar-refractivity contribution is 6.12. The molecule has 2 fully saturated rings. The molecule has 3 rings (SSSR count). The number of carboxylic acids is 1. The zero-order valence-corrected chi connectivity index (χ0v) is 30.9. The number of carboxylic acid groups (broad SMARTS) is 1. The van der Waals surface area contributed by atoms with Gasteiger partial charge in [-0.2, -0.15) is 0 Å². The standard InChI is InChI=1S/C36H58N6O10/c1-5-23-12-13-26(51-31-19-22(4)18-27(52-31)35(48)49)25(20-23)40-33(46)24(10-9-16-38-36(37)50)39-34(47)32(21(2)3)41-28(43)11-7-6-8-17-42-29(44)14-15-30(42)45/h14-15,21-27,31-32H,5-13,16-20H2,1-4H3,(H,39,47)(H,40,46)(H,41,43)(H,48,49)(H3,37,38,50)/t22?,23?,24-,25?,26?,27?,31+,32?/m0/s1. The number of unbranched alkanes of at least 4 members (excludes halogenated alkanes) is 2. The molecule has 52 heavy (non-hydrogen) atoms. The molecule has 7 N–H and O–H groups in total. The van der Waals surface area contributed by atoms with Gasteiger partial charge in [-0.05, 0) is 69.1 Å². The summed E-state index contributed by atoms with van der Waals surface area (Å²) in [7, 11) is 0. The van der Waals surface area contributed by atoms with Crippen molar-refractivity contribution in [1.82, 2.24) is 26.2 Å². The van der Waals surface area contributed by atoms with Gasteiger partial charge in [-0.1, -0.05) is 40.5 Å². The molecule has 0 radical (unpaired) electrons. The van der Waals surface area contributed by atoms with E-state index in [0.29, 0.717) is 57.3 Å². The Morgan fingerprint density at radius 1 is 0.981 bits per heavy atom. The third-order valence-corrected chi connectivity index (χ3v) is 9.98. The average molecular weight is 735 g/mol. The Morgan fingerprint density at radius 2 is 1.69 bits per heavy atom. The van der Waals surface area contributed by atoms with Gasteiger partial charge in [0.2, 0.25) is 17.7 Å². The first kappa shape index (κ1) is 42.4. The number of hydrogen-bond donors (Lipinski definition) is 6. The maximum absolute atomic E-state index is 13.9. The highest BCUT2D eigenvalue weighted by atomic mass is 16.7. The molecule has 16 nitrogen and oxygen atoms in total. The lowest BCUT2D eigenvalue weighted by atomic mass is 9.82. The van der Waals surface area contributed by atoms with Crippen molar-refractivity contribution >= 4 is 41.5 Å². The van der Waals surface area contributed by atoms with Gasteiger partial charge >= 0.3 is 12.0 Å². The number of nitrogens with one attached hydrogen (secondary N) is 4. The van der Waals surface area contributed by atoms with Gasteiger partial charge in [-0.15, -0.1) is 0 Å². The highest BCUT2D eigenvalue weighted by Crippen LogP contribution is 2.33. The molecule has 1 aliphatic carbocycles. The van der Waals surface area contributed by atoms with Crippen LogP contribution in [0.3, 0.4) is 0 Å². The Kier molecular flexibility index (Phi) is 17.0. The summed E-state index contributed by atoms with van der Waals surface area (Å²) in [6.45, 7) is 8.06. The second-order valence-corrected chi connectivity index (χ2v) is 14.6. The number of urea groups is 1. The van der Waals surface area contributed by atoms with Crippen LogP contribution in [0.25, 0.3) is 0 Å². The van der Waals surface area contributed by atoms with Crippen LogP contribution in [0, 0.1) is 17.8 Å². The Hall–Kier alpha value is -4.05. The SMILES string of the molecule is CCC1CCC(O[C@H]2CC(C)CC(C(=O)O)O2)C(NC(=O)[C@H](CCCNC(N)=O)NC(=O)C(NC(=O)CCCCCN2C(=O)C=CC2=O)C(C)C)C1. The fourth-order valence-corrected chi connectivity index (χ4v) is 6.94. The number of primary amides is 1. The van der Waals surface area contributed by atoms with Crippen LogP contribution in [-0.2, 0) is 38.2 Å². The third kappa shape index (κ3) is 13.5. The van der Waals surface area contributed by atoms with Gasteiger partial charge in [0.25, 0.3) is 11.8 Å². The summed E-state index contributed by atoms with van der Waals surface area (Å²) in [5, 5.41) is 20.8. The van der Waals surface area contributed by atoms with E-state index in [-0.39, 0.29) is 55.5 Å². The van der Waals surface area contributed by atoms with Crippen molar-refractivity contribution in [2.45, 2.75) is 141 Å². The van der Waals surface area contributed by atoms with Gasteiger partial charge in [0.1, 0.15) is 12.1 Å². The number of ether oxygens (including phenoxy) is 2. The molecule has 1 saturated carbocycles. The molecule has 0 aromatic heterocycles. The lowest BCUT2D eigenvalue weighted by molar-refractivity contribution is -0.236. The molecule has 7 amide bonds. The minimum atomic E-state index is -1.04. The molecule has 0 aromatic carbocycles. The smallest absolute Gasteiger partial charge is 0.332 e. The Morgan fingerprint density at radius 3 is 2.33 bits per heavy atom. The van der Waals surface area contributed by atoms with Crippen LogP contribution in [-0.4, -0.2) is 101 Å². The quantitative estimate of drug-likeness (QED) is 0.0784. The lowest BCUT2D eigenvalue weighted by Gasteiger charge is -2.40. The largest absolute Gasteiger partial charge is 0.479 e. The van der Waals surface area contributed by atoms with Gasteiger partial charge in [-0.3, -0.25) is 28.9 Å². The number of rotatable bonds is 20. The van der Waals surface area contributed by atoms with E-state index >= 15 is 0 Å². The van der Waals surface area contributed by atoms with Crippen LogP contribution < -0.4 is 27.0 Å². The van der Waals surface area contributed by atoms with E-state index in [2.05, 4.69) is 28.2 Å². The van der Waals surface area contributed by atoms with Gasteiger partial charge in [-0.25, -0.2) is 9.59 Å². The first-order valence-corrected chi connectivity index (χ1v) is 18.7. The molecule has 0 aromatic rings. The minimum Gasteiger partial charge on any atom is -0.479 e. The van der Waals surface area contributed by atoms with Crippen molar-refractivity contribution < 1.29 is 48.1 Å². The number of imide groups is 1. The van der Waals surface area contributed by atoms with E-state index in [1.807, 2.05) is 6.92 Å². The normalized spacial score (nSPS) is 25.8. The Labute approximate surface area is 305 Å². The van der Waals surface area contributed by atoms with Crippen LogP contribution in [0.1, 0.15) is 105 Å². The monoisotopic (exact) mass is 734 g/mol. The number of amides is 7. The molecular weight excluding hydrogens is 676 g/mol. The van der Waals surface area contributed by atoms with Crippen LogP contribution in [0.2, 0.25) is 0 Å². The first-order chi connectivity index (χ1) is 24.7. The molecule has 1 saturated heterocycles. The van der Waals surface area contributed by atoms with E-state index in [4.69, 9.17) is 15.2 Å². The van der Waals surface area contributed by atoms with Crippen LogP contribution in [0.15, 0.2) is 12.2 Å². The van der Waals surface area contributed by atoms with E-state index in [1.54, 1.807) is 13.8 Å². The third-order valence-electron chi connectivity index (χ3n) is 9.98. The van der Waals surface area contributed by atoms with Crippen molar-refractivity contribution in [3.63, 3.8) is 0 Å². The molecule has 0 spiro atoms. The van der Waals surface area contributed by atoms with E-state index in [9.17, 15) is 38.7 Å². The maximum atomic E-state index is 13.9. The molecule has 2 aliphatic heterocycles. The number of hydrogen-bond acceptors (Lipinski definition) is 9. The topological polar surface area (TPSA) is 236 Å². The molecule has 292 valence electrons. The van der Waals surface area contributed by atoms with Crippen molar-refractivity contribution in [3.05, 3.63) is 12.2 Å². The average Bonchev–Trinajstić information content (AvgIpc) is 3.40. The van der Waals surface area contributed by atoms with Crippen LogP contribution in [0.5, 0.6) is 0 Å². The van der Waals surface area contributed by atoms with Crippen molar-refractivity contribution in [2.24, 2.45) is 23.5 Å². The summed E-state index contributed by atoms with van der Waals surface area (Å²) in [5.74, 6) is -2.94. The molecule has 8 atom stereocenters. The predicted molar refractivity (Wildman–Crippen MR) is 189 cm³/mol. The van der Waals surface area contributed by atoms with E-state index in [0.717, 1.165) is 17.7 Å². The van der Waals surface area contributed by atoms with Gasteiger partial charge in [0, 0.05) is 38.1 Å². The molecule has 3 aliphatic rings. The predicted octanol–water partition coefficient (Wildman–Crippen LogP) is 1.85. The van der Waals surface area contributed by atoms with Crippen molar-refractivity contribution in [3.8, 4) is 0 Å². The zero-order chi connectivity index (χ0) is 38.4. The van der Waals surface area contributed by atoms with Crippen molar-refractivity contribution in [1.29, 1.82) is 0 Å². The van der Waals surface area contributed by atoms with Gasteiger partial charge < -0.3 is 41.6 Å². The fraction of sp³-hybridized carbons (Fsp3) is 0.750. The Balaban J connectivity index is 1.63. The van der Waals surface area contributed by atoms with Crippen molar-refractivity contribution in [2.75, 3.05) is 13.1 Å². The number of nitrogens with two attached hydrogens (primary N) is 1. The Bertz CT molecular complexity index is 1290. The lowest BCUT2D eigenvalue weighted by Crippen LogP contribution is -2.58. The highest BCUT2D eigenvalue weighted by Gasteiger charge is 2.39. The summed E-state index contributed by atoms with van der Waals surface area (Å²) < 4.78 is 12.1. The molecule has 6 unspecified atom stereocenters. The molecule has 2 heterocycles. The van der Waals surface area contributed by atoms with E-state index in [1.165, 1.54) is 12.2 Å². The van der Waals surface area contributed by atoms with Gasteiger partial charge in [0.05, 0.1) is 12.1 Å². The number of carbonyl (C=O) groups is 7. The number of nitrogens with zero attached hydrogens (tertiary/aromatic N) is 1. The van der Waals surface area contributed by atoms with E-state index < -0.39 is 60.4 Å².